The number of aromatic nitrogens is 3. The third-order valence-corrected chi connectivity index (χ3v) is 7.31. The first-order valence-corrected chi connectivity index (χ1v) is 11.5. The summed E-state index contributed by atoms with van der Waals surface area (Å²) in [6.45, 7) is 7.88. The third-order valence-electron chi connectivity index (χ3n) is 7.31. The molecule has 1 aliphatic heterocycles. The molecule has 2 aromatic rings. The number of hydrogen-bond acceptors (Lipinski definition) is 6. The van der Waals surface area contributed by atoms with Gasteiger partial charge in [0.1, 0.15) is 5.82 Å². The number of morpholine rings is 1. The van der Waals surface area contributed by atoms with E-state index in [-0.39, 0.29) is 11.7 Å². The third kappa shape index (κ3) is 4.42. The minimum Gasteiger partial charge on any atom is -0.402 e. The number of imidazole rings is 1. The SMILES string of the molecule is CC(C)c1nc(-c2cnc(N)c(OC(F)(F)F)c2)cn1C1CC2(CC(N3CCOCC3)C2)C1. The van der Waals surface area contributed by atoms with Gasteiger partial charge in [0.25, 0.3) is 0 Å². The van der Waals surface area contributed by atoms with E-state index in [2.05, 4.69) is 33.0 Å². The molecule has 2 aromatic heterocycles. The van der Waals surface area contributed by atoms with Gasteiger partial charge in [0.2, 0.25) is 0 Å². The van der Waals surface area contributed by atoms with Gasteiger partial charge in [-0.1, -0.05) is 13.8 Å². The molecule has 2 aliphatic carbocycles. The van der Waals surface area contributed by atoms with E-state index < -0.39 is 12.1 Å². The largest absolute Gasteiger partial charge is 0.573 e. The van der Waals surface area contributed by atoms with Crippen molar-refractivity contribution in [1.29, 1.82) is 0 Å². The Morgan fingerprint density at radius 2 is 1.82 bits per heavy atom. The van der Waals surface area contributed by atoms with Crippen LogP contribution in [-0.2, 0) is 4.74 Å². The number of ether oxygens (including phenoxy) is 2. The van der Waals surface area contributed by atoms with Crippen molar-refractivity contribution in [2.24, 2.45) is 5.41 Å². The highest BCUT2D eigenvalue weighted by Crippen LogP contribution is 2.62. The van der Waals surface area contributed by atoms with Crippen LogP contribution in [0, 0.1) is 5.41 Å². The molecule has 0 amide bonds. The predicted octanol–water partition coefficient (Wildman–Crippen LogP) is 4.37. The summed E-state index contributed by atoms with van der Waals surface area (Å²) in [5, 5.41) is 0. The van der Waals surface area contributed by atoms with E-state index in [0.717, 1.165) is 45.0 Å². The van der Waals surface area contributed by atoms with Gasteiger partial charge in [-0.25, -0.2) is 9.97 Å². The highest BCUT2D eigenvalue weighted by Gasteiger charge is 2.55. The molecule has 2 saturated carbocycles. The van der Waals surface area contributed by atoms with E-state index >= 15 is 0 Å². The number of rotatable bonds is 5. The van der Waals surface area contributed by atoms with Gasteiger partial charge in [0.15, 0.2) is 11.6 Å². The van der Waals surface area contributed by atoms with Crippen molar-refractivity contribution in [1.82, 2.24) is 19.4 Å². The van der Waals surface area contributed by atoms with Crippen LogP contribution in [0.25, 0.3) is 11.3 Å². The molecule has 0 atom stereocenters. The number of pyridine rings is 1. The first kappa shape index (κ1) is 22.5. The Kier molecular flexibility index (Phi) is 5.55. The average molecular weight is 466 g/mol. The van der Waals surface area contributed by atoms with Crippen LogP contribution < -0.4 is 10.5 Å². The van der Waals surface area contributed by atoms with Crippen LogP contribution >= 0.6 is 0 Å². The normalized spacial score (nSPS) is 28.1. The fraction of sp³-hybridized carbons (Fsp3) is 0.652. The lowest BCUT2D eigenvalue weighted by Gasteiger charge is -2.60. The molecule has 10 heteroatoms. The van der Waals surface area contributed by atoms with Crippen molar-refractivity contribution in [3.8, 4) is 17.0 Å². The molecule has 5 rings (SSSR count). The number of halogens is 3. The zero-order valence-corrected chi connectivity index (χ0v) is 18.9. The molecule has 0 radical (unpaired) electrons. The Morgan fingerprint density at radius 3 is 2.45 bits per heavy atom. The number of nitrogens with zero attached hydrogens (tertiary/aromatic N) is 4. The summed E-state index contributed by atoms with van der Waals surface area (Å²) in [6.07, 6.45) is 3.26. The van der Waals surface area contributed by atoms with Gasteiger partial charge in [0.05, 0.1) is 18.9 Å². The van der Waals surface area contributed by atoms with Crippen molar-refractivity contribution in [2.75, 3.05) is 32.0 Å². The topological polar surface area (TPSA) is 78.4 Å². The fourth-order valence-electron chi connectivity index (χ4n) is 5.68. The van der Waals surface area contributed by atoms with Crippen LogP contribution in [0.5, 0.6) is 5.75 Å². The number of hydrogen-bond donors (Lipinski definition) is 1. The maximum Gasteiger partial charge on any atom is 0.573 e. The van der Waals surface area contributed by atoms with Gasteiger partial charge in [-0.05, 0) is 37.2 Å². The Morgan fingerprint density at radius 1 is 1.15 bits per heavy atom. The van der Waals surface area contributed by atoms with Gasteiger partial charge < -0.3 is 19.8 Å². The van der Waals surface area contributed by atoms with Crippen LogP contribution in [0.4, 0.5) is 19.0 Å². The number of alkyl halides is 3. The minimum absolute atomic E-state index is 0.186. The monoisotopic (exact) mass is 465 g/mol. The van der Waals surface area contributed by atoms with Crippen LogP contribution in [0.3, 0.4) is 0 Å². The van der Waals surface area contributed by atoms with Gasteiger partial charge in [0, 0.05) is 49.0 Å². The Bertz CT molecular complexity index is 1000. The highest BCUT2D eigenvalue weighted by atomic mass is 19.4. The standard InChI is InChI=1S/C23H30F3N5O2/c1-14(2)21-29-18(15-7-19(20(27)28-12-15)33-23(24,25)26)13-31(21)17-10-22(11-17)8-16(9-22)30-3-5-32-6-4-30/h7,12-14,16-17H,3-6,8-11H2,1-2H3,(H2,27,28). The minimum atomic E-state index is -4.83. The second-order valence-corrected chi connectivity index (χ2v) is 9.97. The molecule has 7 nitrogen and oxygen atoms in total. The summed E-state index contributed by atoms with van der Waals surface area (Å²) < 4.78 is 49.9. The number of nitrogen functional groups attached to an aromatic ring is 1. The van der Waals surface area contributed by atoms with E-state index in [1.807, 2.05) is 6.20 Å². The van der Waals surface area contributed by atoms with Crippen molar-refractivity contribution in [3.05, 3.63) is 24.3 Å². The first-order chi connectivity index (χ1) is 15.6. The predicted molar refractivity (Wildman–Crippen MR) is 117 cm³/mol. The van der Waals surface area contributed by atoms with E-state index in [9.17, 15) is 13.2 Å². The van der Waals surface area contributed by atoms with E-state index in [1.165, 1.54) is 25.1 Å². The lowest BCUT2D eigenvalue weighted by Crippen LogP contribution is -2.58. The maximum absolute atomic E-state index is 12.7. The molecule has 3 fully saturated rings. The summed E-state index contributed by atoms with van der Waals surface area (Å²) >= 11 is 0. The number of anilines is 1. The number of nitrogens with two attached hydrogens (primary N) is 1. The summed E-state index contributed by atoms with van der Waals surface area (Å²) in [6, 6.07) is 2.29. The zero-order chi connectivity index (χ0) is 23.4. The van der Waals surface area contributed by atoms with E-state index in [4.69, 9.17) is 15.5 Å². The lowest BCUT2D eigenvalue weighted by molar-refractivity contribution is -0.274. The van der Waals surface area contributed by atoms with Crippen LogP contribution in [-0.4, -0.2) is 58.1 Å². The van der Waals surface area contributed by atoms with Crippen molar-refractivity contribution in [3.63, 3.8) is 0 Å². The zero-order valence-electron chi connectivity index (χ0n) is 18.9. The molecular weight excluding hydrogens is 435 g/mol. The quantitative estimate of drug-likeness (QED) is 0.707. The van der Waals surface area contributed by atoms with Gasteiger partial charge >= 0.3 is 6.36 Å². The molecule has 2 N–H and O–H groups in total. The van der Waals surface area contributed by atoms with Gasteiger partial charge in [-0.2, -0.15) is 0 Å². The molecular formula is C23H30F3N5O2. The average Bonchev–Trinajstić information content (AvgIpc) is 3.13. The van der Waals surface area contributed by atoms with Crippen LogP contribution in [0.2, 0.25) is 0 Å². The smallest absolute Gasteiger partial charge is 0.402 e. The lowest BCUT2D eigenvalue weighted by atomic mass is 9.51. The van der Waals surface area contributed by atoms with Crippen LogP contribution in [0.1, 0.15) is 57.3 Å². The first-order valence-electron chi connectivity index (χ1n) is 11.5. The molecule has 3 aliphatic rings. The summed E-state index contributed by atoms with van der Waals surface area (Å²) in [4.78, 5) is 11.2. The Hall–Kier alpha value is -2.33. The molecule has 0 aromatic carbocycles. The molecule has 0 bridgehead atoms. The summed E-state index contributed by atoms with van der Waals surface area (Å²) in [7, 11) is 0. The van der Waals surface area contributed by atoms with Gasteiger partial charge in [-0.3, -0.25) is 4.90 Å². The molecule has 1 spiro atoms. The van der Waals surface area contributed by atoms with Crippen molar-refractivity contribution in [2.45, 2.75) is 63.9 Å². The van der Waals surface area contributed by atoms with E-state index in [0.29, 0.717) is 28.8 Å². The molecule has 0 unspecified atom stereocenters. The summed E-state index contributed by atoms with van der Waals surface area (Å²) in [5.41, 5.74) is 7.04. The maximum atomic E-state index is 12.7. The Labute approximate surface area is 191 Å². The highest BCUT2D eigenvalue weighted by molar-refractivity contribution is 5.64. The Balaban J connectivity index is 1.31. The fourth-order valence-corrected chi connectivity index (χ4v) is 5.68. The second kappa shape index (κ2) is 8.16. The van der Waals surface area contributed by atoms with Crippen molar-refractivity contribution >= 4 is 5.82 Å². The van der Waals surface area contributed by atoms with Crippen LogP contribution in [0.15, 0.2) is 18.5 Å². The van der Waals surface area contributed by atoms with Gasteiger partial charge in [-0.15, -0.1) is 13.2 Å². The molecule has 3 heterocycles. The summed E-state index contributed by atoms with van der Waals surface area (Å²) in [5.74, 6) is 0.307. The molecule has 33 heavy (non-hydrogen) atoms. The van der Waals surface area contributed by atoms with E-state index in [1.54, 1.807) is 0 Å². The second-order valence-electron chi connectivity index (χ2n) is 9.97. The van der Waals surface area contributed by atoms with Crippen molar-refractivity contribution < 1.29 is 22.6 Å². The molecule has 1 saturated heterocycles. The molecule has 180 valence electrons.